The van der Waals surface area contributed by atoms with Crippen molar-refractivity contribution < 1.29 is 24.2 Å². The van der Waals surface area contributed by atoms with Crippen LogP contribution in [0.2, 0.25) is 0 Å². The first-order valence-electron chi connectivity index (χ1n) is 11.0. The molecular weight excluding hydrogens is 441 g/mol. The third kappa shape index (κ3) is 8.04. The van der Waals surface area contributed by atoms with Gasteiger partial charge in [-0.3, -0.25) is 9.59 Å². The topological polar surface area (TPSA) is 151 Å². The van der Waals surface area contributed by atoms with E-state index in [0.717, 1.165) is 25.5 Å². The molecular formula is C24H30FN5O4. The van der Waals surface area contributed by atoms with Gasteiger partial charge in [0.1, 0.15) is 11.3 Å². The minimum absolute atomic E-state index is 0.0354. The first-order valence-corrected chi connectivity index (χ1v) is 11.0. The molecule has 0 aliphatic rings. The molecule has 10 heteroatoms. The number of nitrogens with two attached hydrogens (primary N) is 1. The van der Waals surface area contributed by atoms with Crippen LogP contribution in [0.3, 0.4) is 0 Å². The number of rotatable bonds is 10. The molecule has 0 spiro atoms. The molecule has 0 radical (unpaired) electrons. The van der Waals surface area contributed by atoms with Gasteiger partial charge in [0.05, 0.1) is 30.3 Å². The molecule has 182 valence electrons. The normalized spacial score (nSPS) is 12.4. The van der Waals surface area contributed by atoms with E-state index >= 15 is 0 Å². The van der Waals surface area contributed by atoms with Gasteiger partial charge in [-0.15, -0.1) is 0 Å². The van der Waals surface area contributed by atoms with Gasteiger partial charge in [0.2, 0.25) is 5.95 Å². The number of nitrogens with zero attached hydrogens (tertiary/aromatic N) is 3. The Labute approximate surface area is 197 Å². The van der Waals surface area contributed by atoms with Crippen molar-refractivity contribution in [3.8, 4) is 0 Å². The molecule has 0 aliphatic carbocycles. The first kappa shape index (κ1) is 26.6. The average Bonchev–Trinajstić information content (AvgIpc) is 2.81. The van der Waals surface area contributed by atoms with Crippen LogP contribution in [0, 0.1) is 5.82 Å². The highest BCUT2D eigenvalue weighted by atomic mass is 19.1. The largest absolute Gasteiger partial charge is 0.481 e. The summed E-state index contributed by atoms with van der Waals surface area (Å²) >= 11 is 0. The molecule has 1 atom stereocenters. The molecule has 0 bridgehead atoms. The Kier molecular flexibility index (Phi) is 9.81. The zero-order chi connectivity index (χ0) is 25.1. The van der Waals surface area contributed by atoms with Gasteiger partial charge in [0, 0.05) is 18.1 Å². The van der Waals surface area contributed by atoms with Crippen molar-refractivity contribution in [2.45, 2.75) is 51.5 Å². The number of halogens is 1. The molecule has 0 saturated heterocycles. The lowest BCUT2D eigenvalue weighted by Crippen LogP contribution is -2.39. The Morgan fingerprint density at radius 3 is 2.50 bits per heavy atom. The van der Waals surface area contributed by atoms with Gasteiger partial charge in [0.15, 0.2) is 11.6 Å². The summed E-state index contributed by atoms with van der Waals surface area (Å²) < 4.78 is 13.2. The number of aliphatic hydroxyl groups is 1. The maximum Gasteiger partial charge on any atom is 0.303 e. The lowest BCUT2D eigenvalue weighted by atomic mass is 9.96. The van der Waals surface area contributed by atoms with Crippen LogP contribution in [0.15, 0.2) is 42.6 Å². The number of pyridine rings is 1. The third-order valence-electron chi connectivity index (χ3n) is 5.03. The van der Waals surface area contributed by atoms with E-state index in [1.165, 1.54) is 6.07 Å². The highest BCUT2D eigenvalue weighted by molar-refractivity contribution is 5.97. The standard InChI is InChI=1S/C14H20FN5O.C10H10O3/c1-3-4-5-14(2,8-21)20-12-11-10(18-13(16)19-12)6-9(15)7-17-11;11-9(6-7-10(12)13)8-4-2-1-3-5-8/h6-7,21H,3-5,8H2,1-2H3,(H3,16,18,19,20);1-5H,6-7H2,(H,12,13)/t14-;/m0./s1. The molecule has 0 unspecified atom stereocenters. The number of hydrogen-bond donors (Lipinski definition) is 4. The monoisotopic (exact) mass is 471 g/mol. The Balaban J connectivity index is 0.000000270. The summed E-state index contributed by atoms with van der Waals surface area (Å²) in [6, 6.07) is 9.96. The molecule has 5 N–H and O–H groups in total. The van der Waals surface area contributed by atoms with E-state index in [4.69, 9.17) is 10.8 Å². The zero-order valence-electron chi connectivity index (χ0n) is 19.3. The van der Waals surface area contributed by atoms with Crippen molar-refractivity contribution in [2.24, 2.45) is 0 Å². The SMILES string of the molecule is CCCC[C@@](C)(CO)Nc1nc(N)nc2cc(F)cnc12.O=C(O)CCC(=O)c1ccccc1. The number of fused-ring (bicyclic) bond motifs is 1. The number of nitrogens with one attached hydrogen (secondary N) is 1. The Bertz CT molecular complexity index is 1110. The summed E-state index contributed by atoms with van der Waals surface area (Å²) in [5.74, 6) is -1.10. The van der Waals surface area contributed by atoms with Gasteiger partial charge in [-0.05, 0) is 13.3 Å². The Hall–Kier alpha value is -3.66. The van der Waals surface area contributed by atoms with Gasteiger partial charge in [0.25, 0.3) is 0 Å². The number of carboxylic acids is 1. The fraction of sp³-hybridized carbons (Fsp3) is 0.375. The number of benzene rings is 1. The number of aliphatic hydroxyl groups excluding tert-OH is 1. The van der Waals surface area contributed by atoms with Gasteiger partial charge in [-0.25, -0.2) is 14.4 Å². The van der Waals surface area contributed by atoms with Crippen molar-refractivity contribution in [3.05, 3.63) is 54.0 Å². The van der Waals surface area contributed by atoms with Crippen molar-refractivity contribution >= 4 is 34.6 Å². The maximum atomic E-state index is 13.2. The second-order valence-corrected chi connectivity index (χ2v) is 8.08. The van der Waals surface area contributed by atoms with Crippen LogP contribution >= 0.6 is 0 Å². The molecule has 9 nitrogen and oxygen atoms in total. The predicted octanol–water partition coefficient (Wildman–Crippen LogP) is 3.83. The van der Waals surface area contributed by atoms with Gasteiger partial charge in [-0.2, -0.15) is 4.98 Å². The van der Waals surface area contributed by atoms with Crippen LogP contribution in [0.4, 0.5) is 16.2 Å². The van der Waals surface area contributed by atoms with Gasteiger partial charge >= 0.3 is 5.97 Å². The minimum atomic E-state index is -0.940. The summed E-state index contributed by atoms with van der Waals surface area (Å²) in [6.45, 7) is 3.93. The summed E-state index contributed by atoms with van der Waals surface area (Å²) in [7, 11) is 0. The van der Waals surface area contributed by atoms with Crippen LogP contribution in [0.25, 0.3) is 11.0 Å². The van der Waals surface area contributed by atoms with Gasteiger partial charge in [-0.1, -0.05) is 50.1 Å². The van der Waals surface area contributed by atoms with Crippen LogP contribution in [0.1, 0.15) is 56.3 Å². The smallest absolute Gasteiger partial charge is 0.303 e. The number of Topliss-reactive ketones (excluding diaryl/α,β-unsaturated/α-hetero) is 1. The van der Waals surface area contributed by atoms with E-state index < -0.39 is 17.3 Å². The number of unbranched alkanes of at least 4 members (excludes halogenated alkanes) is 1. The second kappa shape index (κ2) is 12.5. The summed E-state index contributed by atoms with van der Waals surface area (Å²) in [6.07, 6.45) is 3.83. The molecule has 3 rings (SSSR count). The van der Waals surface area contributed by atoms with E-state index in [0.29, 0.717) is 22.4 Å². The van der Waals surface area contributed by atoms with Crippen LogP contribution in [-0.2, 0) is 4.79 Å². The molecule has 2 heterocycles. The second-order valence-electron chi connectivity index (χ2n) is 8.08. The Morgan fingerprint density at radius 2 is 1.88 bits per heavy atom. The van der Waals surface area contributed by atoms with Crippen molar-refractivity contribution in [1.29, 1.82) is 0 Å². The third-order valence-corrected chi connectivity index (χ3v) is 5.03. The van der Waals surface area contributed by atoms with E-state index in [-0.39, 0.29) is 31.2 Å². The predicted molar refractivity (Wildman–Crippen MR) is 128 cm³/mol. The number of anilines is 2. The highest BCUT2D eigenvalue weighted by Gasteiger charge is 2.24. The number of nitrogen functional groups attached to an aromatic ring is 1. The number of carbonyl (C=O) groups excluding carboxylic acids is 1. The molecule has 1 aromatic carbocycles. The fourth-order valence-electron chi connectivity index (χ4n) is 3.12. The van der Waals surface area contributed by atoms with Gasteiger partial charge < -0.3 is 21.3 Å². The molecule has 0 aliphatic heterocycles. The lowest BCUT2D eigenvalue weighted by Gasteiger charge is -2.29. The number of ketones is 1. The molecule has 34 heavy (non-hydrogen) atoms. The molecule has 3 aromatic rings. The van der Waals surface area contributed by atoms with Crippen molar-refractivity contribution in [2.75, 3.05) is 17.7 Å². The van der Waals surface area contributed by atoms with E-state index in [9.17, 15) is 19.1 Å². The number of hydrogen-bond acceptors (Lipinski definition) is 8. The maximum absolute atomic E-state index is 13.2. The van der Waals surface area contributed by atoms with E-state index in [1.54, 1.807) is 24.3 Å². The number of aliphatic carboxylic acids is 1. The van der Waals surface area contributed by atoms with E-state index in [2.05, 4.69) is 27.2 Å². The molecule has 0 amide bonds. The van der Waals surface area contributed by atoms with Crippen molar-refractivity contribution in [1.82, 2.24) is 15.0 Å². The Morgan fingerprint density at radius 1 is 1.18 bits per heavy atom. The fourth-order valence-corrected chi connectivity index (χ4v) is 3.12. The summed E-state index contributed by atoms with van der Waals surface area (Å²) in [5.41, 5.74) is 6.46. The zero-order valence-corrected chi connectivity index (χ0v) is 19.3. The van der Waals surface area contributed by atoms with Crippen LogP contribution in [-0.4, -0.2) is 49.1 Å². The number of carbonyl (C=O) groups is 2. The molecule has 2 aromatic heterocycles. The van der Waals surface area contributed by atoms with Crippen LogP contribution in [0.5, 0.6) is 0 Å². The molecule has 0 fully saturated rings. The number of carboxylic acid groups (broad SMARTS) is 1. The first-order chi connectivity index (χ1) is 16.2. The molecule has 0 saturated carbocycles. The average molecular weight is 472 g/mol. The van der Waals surface area contributed by atoms with E-state index in [1.807, 2.05) is 13.0 Å². The number of aromatic nitrogens is 3. The lowest BCUT2D eigenvalue weighted by molar-refractivity contribution is -0.136. The van der Waals surface area contributed by atoms with Crippen LogP contribution < -0.4 is 11.1 Å². The minimum Gasteiger partial charge on any atom is -0.481 e. The summed E-state index contributed by atoms with van der Waals surface area (Å²) in [4.78, 5) is 33.6. The summed E-state index contributed by atoms with van der Waals surface area (Å²) in [5, 5.41) is 21.2. The van der Waals surface area contributed by atoms with Crippen molar-refractivity contribution in [3.63, 3.8) is 0 Å². The highest BCUT2D eigenvalue weighted by Crippen LogP contribution is 2.25. The quantitative estimate of drug-likeness (QED) is 0.323.